The van der Waals surface area contributed by atoms with E-state index in [1.165, 1.54) is 30.5 Å². The number of anilines is 3. The number of hydrogen-bond donors (Lipinski definition) is 7. The first kappa shape index (κ1) is 67.9. The highest BCUT2D eigenvalue weighted by Gasteiger charge is 2.45. The van der Waals surface area contributed by atoms with Crippen LogP contribution in [-0.2, 0) is 73.0 Å². The highest BCUT2D eigenvalue weighted by molar-refractivity contribution is 7.90. The van der Waals surface area contributed by atoms with Crippen molar-refractivity contribution < 1.29 is 71.0 Å². The summed E-state index contributed by atoms with van der Waals surface area (Å²) in [5.41, 5.74) is 11.2. The summed E-state index contributed by atoms with van der Waals surface area (Å²) in [5, 5.41) is 16.1. The van der Waals surface area contributed by atoms with Crippen molar-refractivity contribution in [1.82, 2.24) is 25.3 Å². The minimum Gasteiger partial charge on any atom is -0.480 e. The summed E-state index contributed by atoms with van der Waals surface area (Å²) in [6.07, 6.45) is 12.9. The topological polar surface area (TPSA) is 378 Å². The third-order valence-corrected chi connectivity index (χ3v) is 20.4. The zero-order valence-electron chi connectivity index (χ0n) is 51.3. The number of ether oxygens (including phenoxy) is 1. The average molecular weight is 1340 g/mol. The van der Waals surface area contributed by atoms with Crippen LogP contribution in [-0.4, -0.2) is 134 Å². The van der Waals surface area contributed by atoms with Crippen molar-refractivity contribution in [1.29, 1.82) is 0 Å². The van der Waals surface area contributed by atoms with E-state index in [0.717, 1.165) is 47.2 Å². The zero-order valence-corrected chi connectivity index (χ0v) is 54.6. The van der Waals surface area contributed by atoms with Gasteiger partial charge in [0.1, 0.15) is 24.1 Å². The number of carboxylic acids is 1. The number of nitrogen functional groups attached to an aromatic ring is 1. The Morgan fingerprint density at radius 1 is 0.815 bits per heavy atom. The van der Waals surface area contributed by atoms with Crippen LogP contribution in [0.5, 0.6) is 5.75 Å². The summed E-state index contributed by atoms with van der Waals surface area (Å²) < 4.78 is 132. The molecule has 4 heterocycles. The maximum absolute atomic E-state index is 13.5. The first-order valence-electron chi connectivity index (χ1n) is 29.3. The van der Waals surface area contributed by atoms with Crippen LogP contribution in [0.3, 0.4) is 0 Å². The molecule has 2 aliphatic heterocycles. The Morgan fingerprint density at radius 2 is 1.49 bits per heavy atom. The van der Waals surface area contributed by atoms with Gasteiger partial charge in [-0.05, 0) is 154 Å². The largest absolute Gasteiger partial charge is 0.480 e. The lowest BCUT2D eigenvalue weighted by Gasteiger charge is -2.27. The quantitative estimate of drug-likeness (QED) is 0.0120. The van der Waals surface area contributed by atoms with Gasteiger partial charge in [0.05, 0.1) is 52.3 Å². The van der Waals surface area contributed by atoms with Crippen LogP contribution in [0, 0.1) is 0 Å². The third kappa shape index (κ3) is 15.9. The smallest absolute Gasteiger partial charge is 0.326 e. The number of carbonyl (C=O) groups excluding carboxylic acids is 1. The molecule has 1 amide bonds. The molecule has 4 aromatic carbocycles. The molecular formula is C63H72N9O16S4+. The fourth-order valence-electron chi connectivity index (χ4n) is 11.6. The molecular weight excluding hydrogens is 1270 g/mol. The average Bonchev–Trinajstić information content (AvgIpc) is 1.59. The molecule has 0 saturated heterocycles. The lowest BCUT2D eigenvalue weighted by molar-refractivity contribution is -0.438. The second kappa shape index (κ2) is 27.0. The van der Waals surface area contributed by atoms with Crippen molar-refractivity contribution >= 4 is 92.0 Å². The van der Waals surface area contributed by atoms with E-state index in [0.29, 0.717) is 84.9 Å². The van der Waals surface area contributed by atoms with Gasteiger partial charge in [0, 0.05) is 71.4 Å². The fraction of sp³-hybridized carbons (Fsp3) is 0.349. The molecule has 0 unspecified atom stereocenters. The minimum atomic E-state index is -4.25. The van der Waals surface area contributed by atoms with Crippen molar-refractivity contribution in [2.45, 2.75) is 112 Å². The Balaban J connectivity index is 1.03. The third-order valence-electron chi connectivity index (χ3n) is 16.4. The summed E-state index contributed by atoms with van der Waals surface area (Å²) in [6.45, 7) is 8.62. The number of fused-ring (bicyclic) bond motifs is 3. The highest BCUT2D eigenvalue weighted by atomic mass is 32.2. The highest BCUT2D eigenvalue weighted by Crippen LogP contribution is 2.49. The molecule has 25 nitrogen and oxygen atoms in total. The van der Waals surface area contributed by atoms with Crippen molar-refractivity contribution in [3.05, 3.63) is 176 Å². The Kier molecular flexibility index (Phi) is 19.9. The number of sulfone groups is 1. The van der Waals surface area contributed by atoms with E-state index < -0.39 is 86.0 Å². The monoisotopic (exact) mass is 1340 g/mol. The normalized spacial score (nSPS) is 17.0. The van der Waals surface area contributed by atoms with Crippen molar-refractivity contribution in [3.63, 3.8) is 0 Å². The van der Waals surface area contributed by atoms with Crippen LogP contribution >= 0.6 is 0 Å². The SMILES string of the molecule is COS(=O)(=O)c1ccc2c(c1)C(C)(C)C(=CC=C1CCCC(C=CC3=[N+](CCCCS(=O)(=O)O)c4ccc(S(C)(=O)=O)cc4C3(C)C)=C1Oc1ccc(C[C@H](NC(=O)c3ccc(NCc4cnc5nc(N)[nH]c(=O)c5n4)cc3)C(=O)O)cc1)N2CCCCS(=O)(=O)O. The molecule has 488 valence electrons. The molecule has 6 aromatic rings. The van der Waals surface area contributed by atoms with Gasteiger partial charge in [-0.1, -0.05) is 32.1 Å². The summed E-state index contributed by atoms with van der Waals surface area (Å²) in [7, 11) is -15.1. The number of hydrogen-bond acceptors (Lipinski definition) is 19. The van der Waals surface area contributed by atoms with Gasteiger partial charge < -0.3 is 31.1 Å². The van der Waals surface area contributed by atoms with Gasteiger partial charge >= 0.3 is 5.97 Å². The van der Waals surface area contributed by atoms with Gasteiger partial charge in [-0.25, -0.2) is 23.2 Å². The number of nitrogens with two attached hydrogens (primary N) is 1. The minimum absolute atomic E-state index is 0.0200. The Labute approximate surface area is 533 Å². The van der Waals surface area contributed by atoms with Crippen molar-refractivity contribution in [2.75, 3.05) is 53.9 Å². The number of rotatable bonds is 26. The number of benzene rings is 4. The predicted molar refractivity (Wildman–Crippen MR) is 347 cm³/mol. The second-order valence-electron chi connectivity index (χ2n) is 23.7. The number of amides is 1. The summed E-state index contributed by atoms with van der Waals surface area (Å²) in [4.78, 5) is 55.5. The number of H-pyrrole nitrogens is 1. The van der Waals surface area contributed by atoms with Crippen LogP contribution in [0.2, 0.25) is 0 Å². The molecule has 29 heteroatoms. The summed E-state index contributed by atoms with van der Waals surface area (Å²) in [6, 6.07) is 21.3. The molecule has 92 heavy (non-hydrogen) atoms. The first-order valence-corrected chi connectivity index (χ1v) is 35.9. The Hall–Kier alpha value is -8.45. The lowest BCUT2D eigenvalue weighted by Crippen LogP contribution is -2.42. The molecule has 0 bridgehead atoms. The number of nitrogens with zero attached hydrogens (tertiary/aromatic N) is 5. The second-order valence-corrected chi connectivity index (χ2v) is 30.6. The number of carbonyl (C=O) groups is 2. The van der Waals surface area contributed by atoms with Crippen LogP contribution in [0.15, 0.2) is 153 Å². The fourth-order valence-corrected chi connectivity index (χ4v) is 14.0. The van der Waals surface area contributed by atoms with Crippen LogP contribution in [0.1, 0.15) is 105 Å². The van der Waals surface area contributed by atoms with E-state index >= 15 is 0 Å². The van der Waals surface area contributed by atoms with E-state index in [1.54, 1.807) is 60.7 Å². The van der Waals surface area contributed by atoms with Gasteiger partial charge in [0.25, 0.3) is 41.8 Å². The van der Waals surface area contributed by atoms with E-state index in [9.17, 15) is 62.3 Å². The number of aromatic amines is 1. The number of allylic oxidation sites excluding steroid dienone is 7. The Morgan fingerprint density at radius 3 is 2.15 bits per heavy atom. The predicted octanol–water partition coefficient (Wildman–Crippen LogP) is 7.47. The zero-order chi connectivity index (χ0) is 66.7. The molecule has 2 aromatic heterocycles. The Bertz CT molecular complexity index is 4600. The standard InChI is InChI=1S/C63H71N9O16S4/c1-62(2)48-35-46(89(6,77)78)24-26-51(48)71(30-7-9-32-90(79,80)81)53(62)28-18-40-12-11-13-41(19-29-54-63(3,4)49-36-47(92(85,86)87-5)25-27-52(49)72(54)31-8-10-33-91(82,83)84)56(40)88-45-22-14-39(15-23-45)34-50(60(75)76)68-58(73)42-16-20-43(21-17-42)65-37-44-38-66-57-55(67-44)59(74)70-61(64)69-57/h14-29,35-36,38,50H,7-13,30-34,37H2,1-6H3,(H7-,64,65,66,68,69,70,73,74,75,76,79,80,81,82,83,84)/p+1/t50-/m0/s1. The van der Waals surface area contributed by atoms with Crippen LogP contribution < -0.4 is 31.6 Å². The number of carboxylic acid groups (broad SMARTS) is 1. The molecule has 0 spiro atoms. The molecule has 9 rings (SSSR count). The van der Waals surface area contributed by atoms with Gasteiger partial charge in [-0.15, -0.1) is 0 Å². The van der Waals surface area contributed by atoms with E-state index in [4.69, 9.17) is 14.7 Å². The van der Waals surface area contributed by atoms with Gasteiger partial charge in [0.2, 0.25) is 11.6 Å². The number of aliphatic carboxylic acids is 1. The number of aromatic nitrogens is 4. The maximum atomic E-state index is 13.5. The summed E-state index contributed by atoms with van der Waals surface area (Å²) >= 11 is 0. The maximum Gasteiger partial charge on any atom is 0.326 e. The number of nitrogens with one attached hydrogen (secondary N) is 3. The van der Waals surface area contributed by atoms with Gasteiger partial charge in [-0.3, -0.25) is 27.9 Å². The lowest BCUT2D eigenvalue weighted by atomic mass is 9.81. The van der Waals surface area contributed by atoms with Crippen LogP contribution in [0.4, 0.5) is 23.0 Å². The van der Waals surface area contributed by atoms with Gasteiger partial charge in [0.15, 0.2) is 26.7 Å². The molecule has 0 radical (unpaired) electrons. The molecule has 1 atom stereocenters. The van der Waals surface area contributed by atoms with E-state index in [-0.39, 0.29) is 58.3 Å². The molecule has 8 N–H and O–H groups in total. The molecule has 3 aliphatic rings. The first-order chi connectivity index (χ1) is 43.2. The van der Waals surface area contributed by atoms with Gasteiger partial charge in [-0.2, -0.15) is 34.8 Å². The van der Waals surface area contributed by atoms with E-state index in [2.05, 4.69) is 30.6 Å². The molecule has 1 aliphatic carbocycles. The van der Waals surface area contributed by atoms with Crippen molar-refractivity contribution in [2.24, 2.45) is 0 Å². The van der Waals surface area contributed by atoms with Crippen LogP contribution in [0.25, 0.3) is 11.2 Å². The van der Waals surface area contributed by atoms with E-state index in [1.807, 2.05) is 61.5 Å². The van der Waals surface area contributed by atoms with Crippen molar-refractivity contribution in [3.8, 4) is 5.75 Å². The molecule has 0 fully saturated rings. The number of unbranched alkanes of at least 4 members (excludes halogenated alkanes) is 2. The molecule has 0 saturated carbocycles. The summed E-state index contributed by atoms with van der Waals surface area (Å²) in [5.74, 6) is -2.04.